The summed E-state index contributed by atoms with van der Waals surface area (Å²) in [6.45, 7) is 7.90. The first-order valence-corrected chi connectivity index (χ1v) is 10.6. The number of hydrogen-bond acceptors (Lipinski definition) is 3. The van der Waals surface area contributed by atoms with Crippen LogP contribution in [0.2, 0.25) is 0 Å². The molecule has 5 nitrogen and oxygen atoms in total. The predicted molar refractivity (Wildman–Crippen MR) is 119 cm³/mol. The Bertz CT molecular complexity index is 823. The van der Waals surface area contributed by atoms with Gasteiger partial charge in [-0.25, -0.2) is 0 Å². The molecule has 0 unspecified atom stereocenters. The van der Waals surface area contributed by atoms with Crippen LogP contribution in [0.4, 0.5) is 0 Å². The van der Waals surface area contributed by atoms with Crippen LogP contribution in [0, 0.1) is 6.92 Å². The van der Waals surface area contributed by atoms with Gasteiger partial charge in [0.2, 0.25) is 5.91 Å². The van der Waals surface area contributed by atoms with Crippen molar-refractivity contribution in [3.8, 4) is 5.75 Å². The smallest absolute Gasteiger partial charge is 0.261 e. The van der Waals surface area contributed by atoms with Gasteiger partial charge in [0.15, 0.2) is 6.61 Å². The largest absolute Gasteiger partial charge is 0.484 e. The van der Waals surface area contributed by atoms with Crippen molar-refractivity contribution in [2.24, 2.45) is 0 Å². The number of carbonyl (C=O) groups is 2. The van der Waals surface area contributed by atoms with Crippen molar-refractivity contribution in [1.29, 1.82) is 0 Å². The fraction of sp³-hybridized carbons (Fsp3) is 0.391. The van der Waals surface area contributed by atoms with E-state index in [1.165, 1.54) is 0 Å². The van der Waals surface area contributed by atoms with Crippen LogP contribution in [-0.2, 0) is 16.1 Å². The average molecular weight is 461 g/mol. The molecule has 6 heteroatoms. The zero-order chi connectivity index (χ0) is 21.4. The molecule has 0 aliphatic carbocycles. The second-order valence-electron chi connectivity index (χ2n) is 7.25. The Morgan fingerprint density at radius 1 is 1.14 bits per heavy atom. The minimum Gasteiger partial charge on any atom is -0.484 e. The highest BCUT2D eigenvalue weighted by Gasteiger charge is 2.27. The molecule has 0 saturated carbocycles. The second kappa shape index (κ2) is 11.0. The number of ether oxygens (including phenoxy) is 1. The summed E-state index contributed by atoms with van der Waals surface area (Å²) >= 11 is 3.46. The zero-order valence-electron chi connectivity index (χ0n) is 17.4. The molecule has 0 heterocycles. The van der Waals surface area contributed by atoms with Crippen molar-refractivity contribution in [1.82, 2.24) is 10.2 Å². The highest BCUT2D eigenvalue weighted by atomic mass is 79.9. The van der Waals surface area contributed by atoms with Gasteiger partial charge >= 0.3 is 0 Å². The lowest BCUT2D eigenvalue weighted by molar-refractivity contribution is -0.142. The van der Waals surface area contributed by atoms with Gasteiger partial charge in [0, 0.05) is 17.1 Å². The fourth-order valence-corrected chi connectivity index (χ4v) is 3.19. The van der Waals surface area contributed by atoms with E-state index in [9.17, 15) is 9.59 Å². The van der Waals surface area contributed by atoms with Crippen molar-refractivity contribution in [3.63, 3.8) is 0 Å². The van der Waals surface area contributed by atoms with E-state index in [0.717, 1.165) is 22.0 Å². The Labute approximate surface area is 181 Å². The van der Waals surface area contributed by atoms with E-state index in [1.807, 2.05) is 69.3 Å². The lowest BCUT2D eigenvalue weighted by Crippen LogP contribution is -2.50. The molecule has 156 valence electrons. The maximum atomic E-state index is 13.0. The summed E-state index contributed by atoms with van der Waals surface area (Å²) in [6, 6.07) is 14.7. The molecule has 0 fully saturated rings. The molecular formula is C23H29BrN2O3. The lowest BCUT2D eigenvalue weighted by Gasteiger charge is -2.29. The molecule has 2 atom stereocenters. The van der Waals surface area contributed by atoms with E-state index >= 15 is 0 Å². The molecule has 2 rings (SSSR count). The van der Waals surface area contributed by atoms with Gasteiger partial charge in [-0.2, -0.15) is 0 Å². The fourth-order valence-electron chi connectivity index (χ4n) is 2.74. The number of rotatable bonds is 9. The highest BCUT2D eigenvalue weighted by Crippen LogP contribution is 2.16. The molecule has 2 amide bonds. The van der Waals surface area contributed by atoms with E-state index in [1.54, 1.807) is 11.8 Å². The van der Waals surface area contributed by atoms with E-state index in [0.29, 0.717) is 12.3 Å². The van der Waals surface area contributed by atoms with E-state index < -0.39 is 6.04 Å². The number of nitrogens with one attached hydrogen (secondary N) is 1. The molecule has 0 bridgehead atoms. The van der Waals surface area contributed by atoms with E-state index in [2.05, 4.69) is 21.2 Å². The quantitative estimate of drug-likeness (QED) is 0.600. The third kappa shape index (κ3) is 7.20. The van der Waals surface area contributed by atoms with Crippen molar-refractivity contribution in [2.45, 2.75) is 52.7 Å². The normalized spacial score (nSPS) is 12.7. The molecule has 0 spiro atoms. The SMILES string of the molecule is CC[C@H](C)NC(=O)[C@H](C)N(Cc1cccc(Br)c1)C(=O)COc1ccc(C)cc1. The molecule has 29 heavy (non-hydrogen) atoms. The summed E-state index contributed by atoms with van der Waals surface area (Å²) in [5.74, 6) is 0.221. The van der Waals surface area contributed by atoms with Crippen LogP contribution in [0.15, 0.2) is 53.0 Å². The third-order valence-electron chi connectivity index (χ3n) is 4.79. The Morgan fingerprint density at radius 2 is 1.83 bits per heavy atom. The highest BCUT2D eigenvalue weighted by molar-refractivity contribution is 9.10. The first kappa shape index (κ1) is 22.9. The molecule has 0 aliphatic heterocycles. The van der Waals surface area contributed by atoms with E-state index in [4.69, 9.17) is 4.74 Å². The van der Waals surface area contributed by atoms with Gasteiger partial charge in [0.05, 0.1) is 0 Å². The Morgan fingerprint density at radius 3 is 2.45 bits per heavy atom. The van der Waals surface area contributed by atoms with Crippen molar-refractivity contribution < 1.29 is 14.3 Å². The molecular weight excluding hydrogens is 432 g/mol. The first-order chi connectivity index (χ1) is 13.8. The summed E-state index contributed by atoms with van der Waals surface area (Å²) < 4.78 is 6.59. The van der Waals surface area contributed by atoms with Crippen molar-refractivity contribution in [2.75, 3.05) is 6.61 Å². The van der Waals surface area contributed by atoms with Gasteiger partial charge < -0.3 is 15.0 Å². The maximum Gasteiger partial charge on any atom is 0.261 e. The Hall–Kier alpha value is -2.34. The minimum atomic E-state index is -0.614. The number of halogens is 1. The molecule has 1 N–H and O–H groups in total. The van der Waals surface area contributed by atoms with Crippen molar-refractivity contribution >= 4 is 27.7 Å². The van der Waals surface area contributed by atoms with Crippen LogP contribution < -0.4 is 10.1 Å². The monoisotopic (exact) mass is 460 g/mol. The molecule has 2 aromatic carbocycles. The second-order valence-corrected chi connectivity index (χ2v) is 8.16. The number of nitrogens with zero attached hydrogens (tertiary/aromatic N) is 1. The third-order valence-corrected chi connectivity index (χ3v) is 5.29. The van der Waals surface area contributed by atoms with Crippen LogP contribution in [0.5, 0.6) is 5.75 Å². The maximum absolute atomic E-state index is 13.0. The molecule has 0 saturated heterocycles. The number of amides is 2. The number of hydrogen-bond donors (Lipinski definition) is 1. The Balaban J connectivity index is 2.14. The topological polar surface area (TPSA) is 58.6 Å². The molecule has 0 aromatic heterocycles. The van der Waals surface area contributed by atoms with Gasteiger partial charge in [-0.1, -0.05) is 52.7 Å². The first-order valence-electron chi connectivity index (χ1n) is 9.84. The lowest BCUT2D eigenvalue weighted by atomic mass is 10.1. The summed E-state index contributed by atoms with van der Waals surface area (Å²) in [5.41, 5.74) is 2.06. The standard InChI is InChI=1S/C23H29BrN2O3/c1-5-17(3)25-23(28)18(4)26(14-19-7-6-8-20(24)13-19)22(27)15-29-21-11-9-16(2)10-12-21/h6-13,17-18H,5,14-15H2,1-4H3,(H,25,28)/t17-,18-/m0/s1. The zero-order valence-corrected chi connectivity index (χ0v) is 19.0. The summed E-state index contributed by atoms with van der Waals surface area (Å²) in [7, 11) is 0. The molecule has 2 aromatic rings. The minimum absolute atomic E-state index is 0.0524. The Kier molecular flexibility index (Phi) is 8.70. The number of benzene rings is 2. The van der Waals surface area contributed by atoms with Crippen LogP contribution in [0.25, 0.3) is 0 Å². The molecule has 0 aliphatic rings. The summed E-state index contributed by atoms with van der Waals surface area (Å²) in [5, 5.41) is 2.96. The van der Waals surface area contributed by atoms with Gasteiger partial charge in [0.25, 0.3) is 5.91 Å². The number of carbonyl (C=O) groups excluding carboxylic acids is 2. The number of aryl methyl sites for hydroxylation is 1. The van der Waals surface area contributed by atoms with Crippen molar-refractivity contribution in [3.05, 3.63) is 64.1 Å². The van der Waals surface area contributed by atoms with Gasteiger partial charge in [-0.15, -0.1) is 0 Å². The summed E-state index contributed by atoms with van der Waals surface area (Å²) in [4.78, 5) is 27.2. The predicted octanol–water partition coefficient (Wildman–Crippen LogP) is 4.47. The van der Waals surface area contributed by atoms with E-state index in [-0.39, 0.29) is 24.5 Å². The van der Waals surface area contributed by atoms with Crippen LogP contribution in [-0.4, -0.2) is 35.4 Å². The van der Waals surface area contributed by atoms with Crippen LogP contribution >= 0.6 is 15.9 Å². The van der Waals surface area contributed by atoms with Crippen LogP contribution in [0.3, 0.4) is 0 Å². The van der Waals surface area contributed by atoms with Gasteiger partial charge in [-0.3, -0.25) is 9.59 Å². The van der Waals surface area contributed by atoms with Gasteiger partial charge in [-0.05, 0) is 57.0 Å². The average Bonchev–Trinajstić information content (AvgIpc) is 2.70. The molecule has 0 radical (unpaired) electrons. The van der Waals surface area contributed by atoms with Crippen LogP contribution in [0.1, 0.15) is 38.3 Å². The summed E-state index contributed by atoms with van der Waals surface area (Å²) in [6.07, 6.45) is 0.828. The van der Waals surface area contributed by atoms with Gasteiger partial charge in [0.1, 0.15) is 11.8 Å².